The van der Waals surface area contributed by atoms with Crippen molar-refractivity contribution in [1.82, 2.24) is 0 Å². The van der Waals surface area contributed by atoms with Crippen molar-refractivity contribution in [2.75, 3.05) is 14.2 Å². The van der Waals surface area contributed by atoms with Gasteiger partial charge in [0.05, 0.1) is 14.2 Å². The maximum Gasteiger partial charge on any atom is 0.118 e. The molecule has 29 heavy (non-hydrogen) atoms. The second kappa shape index (κ2) is 9.65. The highest BCUT2D eigenvalue weighted by Crippen LogP contribution is 2.39. The molecular weight excluding hydrogens is 356 g/mol. The first kappa shape index (κ1) is 21.0. The van der Waals surface area contributed by atoms with Crippen molar-refractivity contribution in [1.29, 1.82) is 0 Å². The van der Waals surface area contributed by atoms with Crippen LogP contribution in [0.1, 0.15) is 43.9 Å². The molecule has 3 rings (SSSR count). The van der Waals surface area contributed by atoms with Crippen LogP contribution in [0.5, 0.6) is 11.5 Å². The molecule has 0 saturated carbocycles. The molecule has 2 nitrogen and oxygen atoms in total. The lowest BCUT2D eigenvalue weighted by molar-refractivity contribution is 0.415. The number of hydrogen-bond acceptors (Lipinski definition) is 2. The first-order valence-electron chi connectivity index (χ1n) is 10.6. The van der Waals surface area contributed by atoms with Crippen molar-refractivity contribution < 1.29 is 9.47 Å². The SMILES string of the molecule is CCCc1cc(-c2ccc(OC)cc2)c(CC)c(-c2ccc(OC)cc2)c1CC. The second-order valence-corrected chi connectivity index (χ2v) is 7.33. The molecule has 0 amide bonds. The summed E-state index contributed by atoms with van der Waals surface area (Å²) in [5.74, 6) is 1.78. The van der Waals surface area contributed by atoms with Crippen molar-refractivity contribution in [3.05, 3.63) is 71.3 Å². The molecule has 0 N–H and O–H groups in total. The molecule has 0 spiro atoms. The van der Waals surface area contributed by atoms with E-state index in [1.54, 1.807) is 14.2 Å². The summed E-state index contributed by atoms with van der Waals surface area (Å²) in [6.07, 6.45) is 4.26. The van der Waals surface area contributed by atoms with E-state index in [-0.39, 0.29) is 0 Å². The Hall–Kier alpha value is -2.74. The number of hydrogen-bond donors (Lipinski definition) is 0. The predicted molar refractivity (Wildman–Crippen MR) is 123 cm³/mol. The lowest BCUT2D eigenvalue weighted by Gasteiger charge is -2.22. The fraction of sp³-hybridized carbons (Fsp3) is 0.333. The van der Waals surface area contributed by atoms with E-state index in [0.717, 1.165) is 37.2 Å². The zero-order chi connectivity index (χ0) is 20.8. The van der Waals surface area contributed by atoms with E-state index in [1.807, 2.05) is 0 Å². The standard InChI is InChI=1S/C27H32O2/c1-6-9-21-18-26(19-10-14-22(28-4)15-11-19)25(8-3)27(24(21)7-2)20-12-16-23(29-5)17-13-20/h10-18H,6-9H2,1-5H3. The van der Waals surface area contributed by atoms with Crippen LogP contribution in [0.2, 0.25) is 0 Å². The highest BCUT2D eigenvalue weighted by atomic mass is 16.5. The number of aryl methyl sites for hydroxylation is 1. The van der Waals surface area contributed by atoms with E-state index in [2.05, 4.69) is 75.4 Å². The van der Waals surface area contributed by atoms with Gasteiger partial charge in [-0.25, -0.2) is 0 Å². The summed E-state index contributed by atoms with van der Waals surface area (Å²) in [5, 5.41) is 0. The Bertz CT molecular complexity index is 938. The average molecular weight is 389 g/mol. The van der Waals surface area contributed by atoms with Crippen molar-refractivity contribution >= 4 is 0 Å². The highest BCUT2D eigenvalue weighted by Gasteiger charge is 2.18. The number of benzene rings is 3. The second-order valence-electron chi connectivity index (χ2n) is 7.33. The molecule has 0 atom stereocenters. The van der Waals surface area contributed by atoms with Gasteiger partial charge in [-0.15, -0.1) is 0 Å². The molecule has 0 aliphatic heterocycles. The predicted octanol–water partition coefficient (Wildman–Crippen LogP) is 7.12. The minimum atomic E-state index is 0.890. The Labute approximate surface area is 175 Å². The van der Waals surface area contributed by atoms with E-state index in [4.69, 9.17) is 9.47 Å². The smallest absolute Gasteiger partial charge is 0.118 e. The minimum absolute atomic E-state index is 0.890. The third-order valence-electron chi connectivity index (χ3n) is 5.64. The van der Waals surface area contributed by atoms with Gasteiger partial charge in [-0.1, -0.05) is 57.5 Å². The van der Waals surface area contributed by atoms with E-state index < -0.39 is 0 Å². The molecule has 0 aromatic heterocycles. The molecule has 3 aromatic carbocycles. The summed E-state index contributed by atoms with van der Waals surface area (Å²) in [7, 11) is 3.43. The molecular formula is C27H32O2. The Morgan fingerprint density at radius 3 is 1.62 bits per heavy atom. The van der Waals surface area contributed by atoms with Crippen LogP contribution in [-0.2, 0) is 19.3 Å². The van der Waals surface area contributed by atoms with Crippen LogP contribution in [0.25, 0.3) is 22.3 Å². The molecule has 2 heteroatoms. The highest BCUT2D eigenvalue weighted by molar-refractivity contribution is 5.82. The van der Waals surface area contributed by atoms with Gasteiger partial charge in [0.25, 0.3) is 0 Å². The number of ether oxygens (including phenoxy) is 2. The van der Waals surface area contributed by atoms with Crippen molar-refractivity contribution in [3.63, 3.8) is 0 Å². The van der Waals surface area contributed by atoms with Gasteiger partial charge in [0.1, 0.15) is 11.5 Å². The van der Waals surface area contributed by atoms with E-state index in [1.165, 1.54) is 38.9 Å². The zero-order valence-corrected chi connectivity index (χ0v) is 18.3. The molecule has 0 aliphatic rings. The Balaban J connectivity index is 2.28. The van der Waals surface area contributed by atoms with Gasteiger partial charge in [0, 0.05) is 0 Å². The fourth-order valence-electron chi connectivity index (χ4n) is 4.22. The van der Waals surface area contributed by atoms with Crippen molar-refractivity contribution in [3.8, 4) is 33.8 Å². The van der Waals surface area contributed by atoms with E-state index in [9.17, 15) is 0 Å². The summed E-state index contributed by atoms with van der Waals surface area (Å²) >= 11 is 0. The van der Waals surface area contributed by atoms with Crippen LogP contribution < -0.4 is 9.47 Å². The lowest BCUT2D eigenvalue weighted by Crippen LogP contribution is -2.03. The Morgan fingerprint density at radius 2 is 1.17 bits per heavy atom. The summed E-state index contributed by atoms with van der Waals surface area (Å²) in [6, 6.07) is 19.4. The van der Waals surface area contributed by atoms with Crippen LogP contribution in [-0.4, -0.2) is 14.2 Å². The summed E-state index contributed by atoms with van der Waals surface area (Å²) in [4.78, 5) is 0. The molecule has 0 bridgehead atoms. The minimum Gasteiger partial charge on any atom is -0.497 e. The summed E-state index contributed by atoms with van der Waals surface area (Å²) < 4.78 is 10.7. The zero-order valence-electron chi connectivity index (χ0n) is 18.3. The Morgan fingerprint density at radius 1 is 0.655 bits per heavy atom. The molecule has 0 radical (unpaired) electrons. The van der Waals surface area contributed by atoms with Crippen LogP contribution in [0.3, 0.4) is 0 Å². The maximum atomic E-state index is 5.38. The van der Waals surface area contributed by atoms with Crippen LogP contribution >= 0.6 is 0 Å². The van der Waals surface area contributed by atoms with Crippen molar-refractivity contribution in [2.45, 2.75) is 46.5 Å². The third-order valence-corrected chi connectivity index (χ3v) is 5.64. The first-order chi connectivity index (χ1) is 14.2. The quantitative estimate of drug-likeness (QED) is 0.409. The lowest BCUT2D eigenvalue weighted by atomic mass is 9.82. The van der Waals surface area contributed by atoms with Crippen LogP contribution in [0.4, 0.5) is 0 Å². The van der Waals surface area contributed by atoms with Crippen LogP contribution in [0, 0.1) is 0 Å². The largest absolute Gasteiger partial charge is 0.497 e. The number of methoxy groups -OCH3 is 2. The molecule has 152 valence electrons. The molecule has 0 saturated heterocycles. The molecule has 3 aromatic rings. The van der Waals surface area contributed by atoms with Gasteiger partial charge in [-0.05, 0) is 82.5 Å². The van der Waals surface area contributed by atoms with Gasteiger partial charge < -0.3 is 9.47 Å². The van der Waals surface area contributed by atoms with Gasteiger partial charge in [-0.2, -0.15) is 0 Å². The fourth-order valence-corrected chi connectivity index (χ4v) is 4.22. The topological polar surface area (TPSA) is 18.5 Å². The monoisotopic (exact) mass is 388 g/mol. The molecule has 0 aliphatic carbocycles. The summed E-state index contributed by atoms with van der Waals surface area (Å²) in [5.41, 5.74) is 9.60. The van der Waals surface area contributed by atoms with E-state index >= 15 is 0 Å². The maximum absolute atomic E-state index is 5.38. The first-order valence-corrected chi connectivity index (χ1v) is 10.6. The van der Waals surface area contributed by atoms with E-state index in [0.29, 0.717) is 0 Å². The van der Waals surface area contributed by atoms with Crippen LogP contribution in [0.15, 0.2) is 54.6 Å². The Kier molecular flexibility index (Phi) is 6.98. The molecule has 0 heterocycles. The summed E-state index contributed by atoms with van der Waals surface area (Å²) in [6.45, 7) is 6.79. The van der Waals surface area contributed by atoms with Gasteiger partial charge in [0.15, 0.2) is 0 Å². The average Bonchev–Trinajstić information content (AvgIpc) is 2.78. The third kappa shape index (κ3) is 4.32. The molecule has 0 unspecified atom stereocenters. The van der Waals surface area contributed by atoms with Gasteiger partial charge in [-0.3, -0.25) is 0 Å². The normalized spacial score (nSPS) is 10.8. The van der Waals surface area contributed by atoms with Crippen molar-refractivity contribution in [2.24, 2.45) is 0 Å². The molecule has 0 fully saturated rings. The number of rotatable bonds is 8. The van der Waals surface area contributed by atoms with Gasteiger partial charge in [0.2, 0.25) is 0 Å². The van der Waals surface area contributed by atoms with Gasteiger partial charge >= 0.3 is 0 Å².